The molecule has 0 bridgehead atoms. The van der Waals surface area contributed by atoms with Crippen molar-refractivity contribution in [1.82, 2.24) is 0 Å². The molecule has 1 aliphatic rings. The molecule has 1 aromatic rings. The molecule has 0 atom stereocenters. The van der Waals surface area contributed by atoms with Crippen molar-refractivity contribution < 1.29 is 23.9 Å². The summed E-state index contributed by atoms with van der Waals surface area (Å²) >= 11 is 0. The van der Waals surface area contributed by atoms with Gasteiger partial charge in [-0.15, -0.1) is 0 Å². The van der Waals surface area contributed by atoms with Crippen molar-refractivity contribution in [2.24, 2.45) is 17.6 Å². The normalized spacial score (nSPS) is 19.6. The number of hydrogen-bond acceptors (Lipinski definition) is 6. The van der Waals surface area contributed by atoms with Crippen LogP contribution >= 0.6 is 0 Å². The maximum Gasteiger partial charge on any atom is 0.314 e. The molecule has 1 aliphatic carbocycles. The molecule has 6 heteroatoms. The third-order valence-corrected chi connectivity index (χ3v) is 4.71. The highest BCUT2D eigenvalue weighted by Crippen LogP contribution is 2.29. The first-order valence-corrected chi connectivity index (χ1v) is 9.13. The molecule has 0 aromatic heterocycles. The number of carbonyl (C=O) groups excluding carboxylic acids is 3. The lowest BCUT2D eigenvalue weighted by molar-refractivity contribution is -0.147. The van der Waals surface area contributed by atoms with Crippen molar-refractivity contribution in [2.45, 2.75) is 45.4 Å². The predicted octanol–water partition coefficient (Wildman–Crippen LogP) is 2.42. The SMILES string of the molecule is CC(=O)COC(=O)CCc1ccc(OC(=O)[C@H]2CC[C@H](CN)CC2)cc1. The van der Waals surface area contributed by atoms with Gasteiger partial charge in [-0.3, -0.25) is 14.4 Å². The van der Waals surface area contributed by atoms with Crippen LogP contribution in [0.2, 0.25) is 0 Å². The van der Waals surface area contributed by atoms with E-state index in [4.69, 9.17) is 15.2 Å². The van der Waals surface area contributed by atoms with Gasteiger partial charge in [0.1, 0.15) is 12.4 Å². The van der Waals surface area contributed by atoms with Crippen LogP contribution in [0.15, 0.2) is 24.3 Å². The highest BCUT2D eigenvalue weighted by molar-refractivity contribution is 5.80. The number of benzene rings is 1. The molecule has 0 aliphatic heterocycles. The number of ketones is 1. The van der Waals surface area contributed by atoms with Gasteiger partial charge in [-0.05, 0) is 69.2 Å². The fourth-order valence-corrected chi connectivity index (χ4v) is 3.06. The van der Waals surface area contributed by atoms with Crippen LogP contribution in [-0.2, 0) is 25.5 Å². The largest absolute Gasteiger partial charge is 0.458 e. The van der Waals surface area contributed by atoms with E-state index in [1.807, 2.05) is 12.1 Å². The molecule has 2 N–H and O–H groups in total. The van der Waals surface area contributed by atoms with E-state index in [2.05, 4.69) is 0 Å². The first-order valence-electron chi connectivity index (χ1n) is 9.13. The summed E-state index contributed by atoms with van der Waals surface area (Å²) in [6.45, 7) is 1.88. The van der Waals surface area contributed by atoms with Crippen LogP contribution in [-0.4, -0.2) is 30.9 Å². The van der Waals surface area contributed by atoms with E-state index in [1.54, 1.807) is 12.1 Å². The number of esters is 2. The van der Waals surface area contributed by atoms with E-state index in [-0.39, 0.29) is 30.7 Å². The van der Waals surface area contributed by atoms with Gasteiger partial charge in [-0.1, -0.05) is 12.1 Å². The molecule has 0 amide bonds. The van der Waals surface area contributed by atoms with E-state index in [1.165, 1.54) is 6.92 Å². The average molecular weight is 361 g/mol. The van der Waals surface area contributed by atoms with Crippen molar-refractivity contribution in [2.75, 3.05) is 13.2 Å². The van der Waals surface area contributed by atoms with E-state index in [0.29, 0.717) is 24.6 Å². The van der Waals surface area contributed by atoms with Gasteiger partial charge in [0.25, 0.3) is 0 Å². The Morgan fingerprint density at radius 2 is 1.73 bits per heavy atom. The number of nitrogens with two attached hydrogens (primary N) is 1. The van der Waals surface area contributed by atoms with Crippen molar-refractivity contribution in [1.29, 1.82) is 0 Å². The van der Waals surface area contributed by atoms with Gasteiger partial charge in [0, 0.05) is 6.42 Å². The highest BCUT2D eigenvalue weighted by atomic mass is 16.5. The zero-order valence-corrected chi connectivity index (χ0v) is 15.2. The lowest BCUT2D eigenvalue weighted by atomic mass is 9.82. The third kappa shape index (κ3) is 6.59. The molecule has 1 saturated carbocycles. The molecule has 26 heavy (non-hydrogen) atoms. The first kappa shape index (κ1) is 20.1. The topological polar surface area (TPSA) is 95.7 Å². The Bertz CT molecular complexity index is 618. The van der Waals surface area contributed by atoms with E-state index in [9.17, 15) is 14.4 Å². The zero-order chi connectivity index (χ0) is 18.9. The Kier molecular flexibility index (Phi) is 7.78. The standard InChI is InChI=1S/C20H27NO5/c1-14(22)13-25-19(23)11-6-15-4-9-18(10-5-15)26-20(24)17-7-2-16(12-21)3-8-17/h4-5,9-10,16-17H,2-3,6-8,11-13,21H2,1H3/t16-,17-. The number of Topliss-reactive ketones (excluding diaryl/α,β-unsaturated/α-hetero) is 1. The summed E-state index contributed by atoms with van der Waals surface area (Å²) in [7, 11) is 0. The van der Waals surface area contributed by atoms with Crippen molar-refractivity contribution in [3.63, 3.8) is 0 Å². The molecule has 142 valence electrons. The van der Waals surface area contributed by atoms with Gasteiger partial charge < -0.3 is 15.2 Å². The smallest absolute Gasteiger partial charge is 0.314 e. The van der Waals surface area contributed by atoms with Crippen LogP contribution in [0.25, 0.3) is 0 Å². The lowest BCUT2D eigenvalue weighted by Crippen LogP contribution is -2.28. The first-order chi connectivity index (χ1) is 12.5. The Balaban J connectivity index is 1.75. The molecule has 6 nitrogen and oxygen atoms in total. The summed E-state index contributed by atoms with van der Waals surface area (Å²) in [5, 5.41) is 0. The molecular formula is C20H27NO5. The number of ether oxygens (including phenoxy) is 2. The molecule has 0 saturated heterocycles. The Morgan fingerprint density at radius 1 is 1.08 bits per heavy atom. The van der Waals surface area contributed by atoms with Crippen LogP contribution in [0.4, 0.5) is 0 Å². The molecule has 1 aromatic carbocycles. The average Bonchev–Trinajstić information content (AvgIpc) is 2.65. The summed E-state index contributed by atoms with van der Waals surface area (Å²) in [4.78, 5) is 34.5. The van der Waals surface area contributed by atoms with Gasteiger partial charge >= 0.3 is 11.9 Å². The summed E-state index contributed by atoms with van der Waals surface area (Å²) in [6.07, 6.45) is 4.34. The number of aryl methyl sites for hydroxylation is 1. The summed E-state index contributed by atoms with van der Waals surface area (Å²) in [6, 6.07) is 7.12. The highest BCUT2D eigenvalue weighted by Gasteiger charge is 2.27. The minimum Gasteiger partial charge on any atom is -0.458 e. The number of hydrogen-bond donors (Lipinski definition) is 1. The van der Waals surface area contributed by atoms with E-state index < -0.39 is 5.97 Å². The van der Waals surface area contributed by atoms with E-state index >= 15 is 0 Å². The van der Waals surface area contributed by atoms with E-state index in [0.717, 1.165) is 31.2 Å². The molecular weight excluding hydrogens is 334 g/mol. The van der Waals surface area contributed by atoms with Gasteiger partial charge in [0.05, 0.1) is 5.92 Å². The van der Waals surface area contributed by atoms with Crippen molar-refractivity contribution in [3.05, 3.63) is 29.8 Å². The molecule has 1 fully saturated rings. The predicted molar refractivity (Wildman–Crippen MR) is 96.5 cm³/mol. The van der Waals surface area contributed by atoms with Crippen LogP contribution < -0.4 is 10.5 Å². The van der Waals surface area contributed by atoms with Crippen LogP contribution in [0.5, 0.6) is 5.75 Å². The van der Waals surface area contributed by atoms with Crippen LogP contribution in [0.1, 0.15) is 44.6 Å². The maximum absolute atomic E-state index is 12.2. The minimum atomic E-state index is -0.399. The Labute approximate surface area is 154 Å². The third-order valence-electron chi connectivity index (χ3n) is 4.71. The summed E-state index contributed by atoms with van der Waals surface area (Å²) in [5.41, 5.74) is 6.61. The molecule has 0 heterocycles. The zero-order valence-electron chi connectivity index (χ0n) is 15.2. The maximum atomic E-state index is 12.2. The summed E-state index contributed by atoms with van der Waals surface area (Å²) in [5.74, 6) is 0.235. The Hall–Kier alpha value is -2.21. The molecule has 2 rings (SSSR count). The lowest BCUT2D eigenvalue weighted by Gasteiger charge is -2.26. The fraction of sp³-hybridized carbons (Fsp3) is 0.550. The second kappa shape index (κ2) is 10.1. The molecule has 0 unspecified atom stereocenters. The fourth-order valence-electron chi connectivity index (χ4n) is 3.06. The van der Waals surface area contributed by atoms with Gasteiger partial charge in [0.15, 0.2) is 5.78 Å². The monoisotopic (exact) mass is 361 g/mol. The van der Waals surface area contributed by atoms with Gasteiger partial charge in [0.2, 0.25) is 0 Å². The van der Waals surface area contributed by atoms with Crippen molar-refractivity contribution in [3.8, 4) is 5.75 Å². The van der Waals surface area contributed by atoms with Gasteiger partial charge in [-0.25, -0.2) is 0 Å². The minimum absolute atomic E-state index is 0.0477. The summed E-state index contributed by atoms with van der Waals surface area (Å²) < 4.78 is 10.3. The number of rotatable bonds is 8. The molecule has 0 spiro atoms. The van der Waals surface area contributed by atoms with Crippen LogP contribution in [0, 0.1) is 11.8 Å². The second-order valence-corrected chi connectivity index (χ2v) is 6.88. The quantitative estimate of drug-likeness (QED) is 0.564. The second-order valence-electron chi connectivity index (χ2n) is 6.88. The van der Waals surface area contributed by atoms with Crippen molar-refractivity contribution >= 4 is 17.7 Å². The van der Waals surface area contributed by atoms with Gasteiger partial charge in [-0.2, -0.15) is 0 Å². The van der Waals surface area contributed by atoms with Crippen LogP contribution in [0.3, 0.4) is 0 Å². The molecule has 0 radical (unpaired) electrons. The Morgan fingerprint density at radius 3 is 2.31 bits per heavy atom. The number of carbonyl (C=O) groups is 3.